The summed E-state index contributed by atoms with van der Waals surface area (Å²) in [6.45, 7) is -1.40. The third kappa shape index (κ3) is 5.30. The lowest BCUT2D eigenvalue weighted by Gasteiger charge is -2.15. The number of ether oxygens (including phenoxy) is 1. The largest absolute Gasteiger partial charge is 0.487 e. The Bertz CT molecular complexity index is 457. The van der Waals surface area contributed by atoms with Crippen molar-refractivity contribution in [1.29, 1.82) is 0 Å². The van der Waals surface area contributed by atoms with Gasteiger partial charge in [-0.1, -0.05) is 18.2 Å². The lowest BCUT2D eigenvalue weighted by atomic mass is 10.2. The zero-order valence-corrected chi connectivity index (χ0v) is 10.2. The third-order valence-electron chi connectivity index (χ3n) is 2.04. The molecule has 1 rings (SSSR count). The summed E-state index contributed by atoms with van der Waals surface area (Å²) in [5.74, 6) is -4.17. The first-order valence-corrected chi connectivity index (χ1v) is 5.45. The molecular formula is C12H9ClF4O2. The van der Waals surface area contributed by atoms with E-state index in [9.17, 15) is 22.4 Å². The summed E-state index contributed by atoms with van der Waals surface area (Å²) < 4.78 is 53.5. The number of allylic oxidation sites excluding steroid dienone is 1. The van der Waals surface area contributed by atoms with Crippen LogP contribution < -0.4 is 4.74 Å². The quantitative estimate of drug-likeness (QED) is 0.454. The van der Waals surface area contributed by atoms with Crippen molar-refractivity contribution in [1.82, 2.24) is 0 Å². The van der Waals surface area contributed by atoms with Crippen LogP contribution in [0.5, 0.6) is 5.75 Å². The maximum atomic E-state index is 12.6. The first-order valence-electron chi connectivity index (χ1n) is 5.07. The van der Waals surface area contributed by atoms with Crippen molar-refractivity contribution < 1.29 is 27.1 Å². The van der Waals surface area contributed by atoms with Crippen molar-refractivity contribution in [3.05, 3.63) is 35.9 Å². The van der Waals surface area contributed by atoms with E-state index in [1.165, 1.54) is 30.3 Å². The van der Waals surface area contributed by atoms with Gasteiger partial charge < -0.3 is 4.74 Å². The predicted molar refractivity (Wildman–Crippen MR) is 62.8 cm³/mol. The van der Waals surface area contributed by atoms with Crippen LogP contribution in [0.1, 0.15) is 5.56 Å². The van der Waals surface area contributed by atoms with E-state index in [1.807, 2.05) is 0 Å². The van der Waals surface area contributed by atoms with E-state index >= 15 is 0 Å². The van der Waals surface area contributed by atoms with E-state index in [0.717, 1.165) is 6.08 Å². The standard InChI is InChI=1S/C12H9ClF4O2/c13-10(18)6-3-8-1-4-9(5-2-8)19-7-12(16,17)11(14)15/h1-6,11H,7H2/b6-3+. The lowest BCUT2D eigenvalue weighted by Crippen LogP contribution is -2.33. The minimum atomic E-state index is -4.19. The average molecular weight is 297 g/mol. The van der Waals surface area contributed by atoms with Gasteiger partial charge in [0, 0.05) is 0 Å². The summed E-state index contributed by atoms with van der Waals surface area (Å²) in [5.41, 5.74) is 0.585. The number of hydrogen-bond donors (Lipinski definition) is 0. The molecule has 0 amide bonds. The molecular weight excluding hydrogens is 288 g/mol. The first kappa shape index (κ1) is 15.5. The molecule has 0 bridgehead atoms. The van der Waals surface area contributed by atoms with Gasteiger partial charge in [0.25, 0.3) is 0 Å². The van der Waals surface area contributed by atoms with Crippen LogP contribution in [0.4, 0.5) is 17.6 Å². The first-order chi connectivity index (χ1) is 8.81. The van der Waals surface area contributed by atoms with Crippen LogP contribution >= 0.6 is 11.6 Å². The molecule has 0 saturated heterocycles. The second-order valence-electron chi connectivity index (χ2n) is 3.56. The van der Waals surface area contributed by atoms with Crippen molar-refractivity contribution in [2.24, 2.45) is 0 Å². The molecule has 0 spiro atoms. The Hall–Kier alpha value is -1.56. The molecule has 0 aliphatic rings. The molecule has 7 heteroatoms. The van der Waals surface area contributed by atoms with E-state index in [-0.39, 0.29) is 5.75 Å². The molecule has 1 aromatic rings. The monoisotopic (exact) mass is 296 g/mol. The lowest BCUT2D eigenvalue weighted by molar-refractivity contribution is -0.148. The fourth-order valence-corrected chi connectivity index (χ4v) is 1.14. The fourth-order valence-electron chi connectivity index (χ4n) is 1.08. The number of halogens is 5. The highest BCUT2D eigenvalue weighted by atomic mass is 35.5. The zero-order chi connectivity index (χ0) is 14.5. The fraction of sp³-hybridized carbons (Fsp3) is 0.250. The van der Waals surface area contributed by atoms with E-state index in [1.54, 1.807) is 0 Å². The third-order valence-corrected chi connectivity index (χ3v) is 2.16. The van der Waals surface area contributed by atoms with Crippen molar-refractivity contribution in [3.8, 4) is 5.75 Å². The maximum Gasteiger partial charge on any atom is 0.340 e. The van der Waals surface area contributed by atoms with E-state index in [2.05, 4.69) is 4.74 Å². The molecule has 19 heavy (non-hydrogen) atoms. The normalized spacial score (nSPS) is 12.1. The van der Waals surface area contributed by atoms with Gasteiger partial charge in [0.15, 0.2) is 6.61 Å². The van der Waals surface area contributed by atoms with E-state index < -0.39 is 24.2 Å². The molecule has 0 fully saturated rings. The summed E-state index contributed by atoms with van der Waals surface area (Å²) in [4.78, 5) is 10.5. The highest BCUT2D eigenvalue weighted by molar-refractivity contribution is 6.66. The molecule has 104 valence electrons. The maximum absolute atomic E-state index is 12.6. The molecule has 0 aliphatic heterocycles. The van der Waals surface area contributed by atoms with Crippen LogP contribution in [0.25, 0.3) is 6.08 Å². The Balaban J connectivity index is 2.60. The molecule has 0 unspecified atom stereocenters. The van der Waals surface area contributed by atoms with Crippen LogP contribution in [-0.4, -0.2) is 24.2 Å². The Morgan fingerprint density at radius 1 is 1.32 bits per heavy atom. The Labute approximate surface area is 111 Å². The number of benzene rings is 1. The SMILES string of the molecule is O=C(Cl)/C=C/c1ccc(OCC(F)(F)C(F)F)cc1. The molecule has 0 aromatic heterocycles. The Kier molecular flexibility index (Phi) is 5.35. The number of carbonyl (C=O) groups is 1. The second kappa shape index (κ2) is 6.56. The molecule has 0 saturated carbocycles. The number of alkyl halides is 4. The van der Waals surface area contributed by atoms with Crippen LogP contribution in [-0.2, 0) is 4.79 Å². The molecule has 2 nitrogen and oxygen atoms in total. The minimum Gasteiger partial charge on any atom is -0.487 e. The highest BCUT2D eigenvalue weighted by Crippen LogP contribution is 2.24. The zero-order valence-electron chi connectivity index (χ0n) is 9.45. The molecule has 0 N–H and O–H groups in total. The number of carbonyl (C=O) groups excluding carboxylic acids is 1. The summed E-state index contributed by atoms with van der Waals surface area (Å²) in [7, 11) is 0. The smallest absolute Gasteiger partial charge is 0.340 e. The van der Waals surface area contributed by atoms with Crippen molar-refractivity contribution in [2.45, 2.75) is 12.3 Å². The highest BCUT2D eigenvalue weighted by Gasteiger charge is 2.41. The van der Waals surface area contributed by atoms with Gasteiger partial charge in [-0.2, -0.15) is 8.78 Å². The summed E-state index contributed by atoms with van der Waals surface area (Å²) in [6, 6.07) is 5.57. The molecule has 0 atom stereocenters. The van der Waals surface area contributed by atoms with E-state index in [4.69, 9.17) is 11.6 Å². The molecule has 0 aliphatic carbocycles. The Morgan fingerprint density at radius 3 is 2.37 bits per heavy atom. The van der Waals surface area contributed by atoms with Gasteiger partial charge >= 0.3 is 12.3 Å². The van der Waals surface area contributed by atoms with Gasteiger partial charge in [0.1, 0.15) is 5.75 Å². The van der Waals surface area contributed by atoms with Gasteiger partial charge in [0.05, 0.1) is 0 Å². The molecule has 0 heterocycles. The van der Waals surface area contributed by atoms with Gasteiger partial charge in [-0.15, -0.1) is 0 Å². The summed E-state index contributed by atoms with van der Waals surface area (Å²) in [6.07, 6.45) is -1.25. The van der Waals surface area contributed by atoms with Gasteiger partial charge in [-0.25, -0.2) is 8.78 Å². The van der Waals surface area contributed by atoms with Crippen LogP contribution in [0, 0.1) is 0 Å². The van der Waals surface area contributed by atoms with Gasteiger partial charge in [-0.05, 0) is 35.4 Å². The average Bonchev–Trinajstić information content (AvgIpc) is 2.35. The second-order valence-corrected chi connectivity index (χ2v) is 3.93. The summed E-state index contributed by atoms with van der Waals surface area (Å²) >= 11 is 5.08. The van der Waals surface area contributed by atoms with Crippen molar-refractivity contribution in [3.63, 3.8) is 0 Å². The van der Waals surface area contributed by atoms with Crippen LogP contribution in [0.2, 0.25) is 0 Å². The van der Waals surface area contributed by atoms with Crippen molar-refractivity contribution >= 4 is 22.9 Å². The van der Waals surface area contributed by atoms with Crippen molar-refractivity contribution in [2.75, 3.05) is 6.61 Å². The van der Waals surface area contributed by atoms with Gasteiger partial charge in [-0.3, -0.25) is 4.79 Å². The molecule has 1 aromatic carbocycles. The van der Waals surface area contributed by atoms with Crippen LogP contribution in [0.3, 0.4) is 0 Å². The molecule has 0 radical (unpaired) electrons. The van der Waals surface area contributed by atoms with E-state index in [0.29, 0.717) is 5.56 Å². The topological polar surface area (TPSA) is 26.3 Å². The minimum absolute atomic E-state index is 0.0228. The number of rotatable bonds is 6. The number of hydrogen-bond acceptors (Lipinski definition) is 2. The predicted octanol–water partition coefficient (Wildman–Crippen LogP) is 3.74. The van der Waals surface area contributed by atoms with Crippen LogP contribution in [0.15, 0.2) is 30.3 Å². The Morgan fingerprint density at radius 2 is 1.89 bits per heavy atom. The summed E-state index contributed by atoms with van der Waals surface area (Å²) in [5, 5.41) is -0.656. The van der Waals surface area contributed by atoms with Gasteiger partial charge in [0.2, 0.25) is 5.24 Å².